The molecule has 16 nitrogen and oxygen atoms in total. The third kappa shape index (κ3) is 8.02. The molecular formula is C27H29N7O9. The number of benzene rings is 1. The fourth-order valence-corrected chi connectivity index (χ4v) is 3.58. The number of esters is 1. The van der Waals surface area contributed by atoms with Crippen LogP contribution in [0.3, 0.4) is 0 Å². The zero-order chi connectivity index (χ0) is 31.5. The highest BCUT2D eigenvalue weighted by Crippen LogP contribution is 2.27. The van der Waals surface area contributed by atoms with Crippen LogP contribution in [0.5, 0.6) is 5.75 Å². The first-order chi connectivity index (χ1) is 20.1. The van der Waals surface area contributed by atoms with Crippen LogP contribution in [-0.2, 0) is 19.0 Å². The molecule has 3 heterocycles. The maximum Gasteiger partial charge on any atom is 0.437 e. The van der Waals surface area contributed by atoms with Crippen LogP contribution in [-0.4, -0.2) is 61.9 Å². The normalized spacial score (nSPS) is 15.4. The van der Waals surface area contributed by atoms with Crippen molar-refractivity contribution in [3.05, 3.63) is 54.0 Å². The molecule has 2 aromatic heterocycles. The Hall–Kier alpha value is -5.54. The summed E-state index contributed by atoms with van der Waals surface area (Å²) in [6, 6.07) is 8.65. The molecule has 0 aliphatic carbocycles. The second-order valence-corrected chi connectivity index (χ2v) is 11.1. The van der Waals surface area contributed by atoms with E-state index in [1.165, 1.54) is 47.2 Å². The monoisotopic (exact) mass is 595 g/mol. The van der Waals surface area contributed by atoms with Crippen LogP contribution in [0.25, 0.3) is 5.65 Å². The topological polar surface area (TPSA) is 201 Å². The molecular weight excluding hydrogens is 566 g/mol. The minimum absolute atomic E-state index is 0.0338. The zero-order valence-corrected chi connectivity index (χ0v) is 24.1. The molecule has 1 saturated heterocycles. The standard InChI is InChI=1S/C27H29N7O9/c1-26(2,3)42-24(38)32-22(33-25(39)43-27(4,5)6)30-15-9-7-14(8-10-15)21(36)40-17-12-11-16(34-19(17)28-13-29-34)18-20(35)31-23(37)41-18/h7-13,18H,1-6H3,(H,31,35,37)(H2,30,32,33,38,39). The molecule has 0 bridgehead atoms. The molecule has 4 rings (SSSR count). The minimum Gasteiger partial charge on any atom is -0.444 e. The van der Waals surface area contributed by atoms with Gasteiger partial charge < -0.3 is 24.3 Å². The molecule has 0 radical (unpaired) electrons. The smallest absolute Gasteiger partial charge is 0.437 e. The summed E-state index contributed by atoms with van der Waals surface area (Å²) in [4.78, 5) is 68.9. The van der Waals surface area contributed by atoms with Gasteiger partial charge in [-0.3, -0.25) is 15.4 Å². The Morgan fingerprint density at radius 3 is 2.26 bits per heavy atom. The van der Waals surface area contributed by atoms with Gasteiger partial charge in [0.2, 0.25) is 12.1 Å². The van der Waals surface area contributed by atoms with Gasteiger partial charge in [0.1, 0.15) is 17.5 Å². The molecule has 3 N–H and O–H groups in total. The van der Waals surface area contributed by atoms with E-state index in [0.717, 1.165) is 0 Å². The van der Waals surface area contributed by atoms with E-state index in [-0.39, 0.29) is 28.6 Å². The van der Waals surface area contributed by atoms with Crippen molar-refractivity contribution in [3.63, 3.8) is 0 Å². The predicted octanol–water partition coefficient (Wildman–Crippen LogP) is 3.48. The maximum absolute atomic E-state index is 12.9. The van der Waals surface area contributed by atoms with Crippen LogP contribution in [0.1, 0.15) is 63.7 Å². The first kappa shape index (κ1) is 30.4. The van der Waals surface area contributed by atoms with Crippen molar-refractivity contribution in [1.82, 2.24) is 25.2 Å². The zero-order valence-electron chi connectivity index (χ0n) is 24.1. The van der Waals surface area contributed by atoms with Crippen molar-refractivity contribution in [2.75, 3.05) is 5.32 Å². The summed E-state index contributed by atoms with van der Waals surface area (Å²) < 4.78 is 22.1. The summed E-state index contributed by atoms with van der Waals surface area (Å²) in [5, 5.41) is 11.2. The number of hydrogen-bond acceptors (Lipinski definition) is 11. The summed E-state index contributed by atoms with van der Waals surface area (Å²) in [6.07, 6.45) is -2.76. The SMILES string of the molecule is CC(C)(C)OC(=O)/N=C(\NC(=O)OC(C)(C)C)Nc1ccc(C(=O)Oc2ccc(C3OC(=O)NC3=O)n3ncnc23)cc1. The lowest BCUT2D eigenvalue weighted by atomic mass is 10.2. The van der Waals surface area contributed by atoms with Crippen LogP contribution >= 0.6 is 0 Å². The third-order valence-electron chi connectivity index (χ3n) is 5.18. The second-order valence-electron chi connectivity index (χ2n) is 11.1. The maximum atomic E-state index is 12.9. The van der Waals surface area contributed by atoms with Gasteiger partial charge in [0.25, 0.3) is 5.91 Å². The highest BCUT2D eigenvalue weighted by atomic mass is 16.6. The molecule has 3 aromatic rings. The quantitative estimate of drug-likeness (QED) is 0.172. The van der Waals surface area contributed by atoms with Gasteiger partial charge in [-0.05, 0) is 77.9 Å². The number of alkyl carbamates (subject to hydrolysis) is 2. The highest BCUT2D eigenvalue weighted by Gasteiger charge is 2.36. The number of rotatable bonds is 4. The van der Waals surface area contributed by atoms with Crippen molar-refractivity contribution in [2.24, 2.45) is 4.99 Å². The molecule has 0 saturated carbocycles. The van der Waals surface area contributed by atoms with E-state index >= 15 is 0 Å². The Balaban J connectivity index is 1.49. The van der Waals surface area contributed by atoms with Crippen molar-refractivity contribution < 1.29 is 42.9 Å². The van der Waals surface area contributed by atoms with E-state index in [2.05, 4.69) is 25.7 Å². The number of pyridine rings is 1. The van der Waals surface area contributed by atoms with Crippen LogP contribution in [0.4, 0.5) is 20.1 Å². The molecule has 226 valence electrons. The van der Waals surface area contributed by atoms with Crippen LogP contribution in [0, 0.1) is 0 Å². The molecule has 1 atom stereocenters. The number of amides is 4. The summed E-state index contributed by atoms with van der Waals surface area (Å²) in [5.41, 5.74) is -0.827. The minimum atomic E-state index is -1.24. The Bertz CT molecular complexity index is 1620. The van der Waals surface area contributed by atoms with Gasteiger partial charge in [0.05, 0.1) is 11.3 Å². The van der Waals surface area contributed by atoms with Gasteiger partial charge in [-0.25, -0.2) is 28.7 Å². The van der Waals surface area contributed by atoms with Gasteiger partial charge in [0.15, 0.2) is 11.4 Å². The first-order valence-electron chi connectivity index (χ1n) is 12.8. The van der Waals surface area contributed by atoms with Crippen LogP contribution in [0.15, 0.2) is 47.7 Å². The summed E-state index contributed by atoms with van der Waals surface area (Å²) in [7, 11) is 0. The average molecular weight is 596 g/mol. The van der Waals surface area contributed by atoms with Gasteiger partial charge in [0, 0.05) is 5.69 Å². The van der Waals surface area contributed by atoms with Gasteiger partial charge in [-0.15, -0.1) is 4.99 Å². The highest BCUT2D eigenvalue weighted by molar-refractivity contribution is 6.06. The van der Waals surface area contributed by atoms with E-state index in [9.17, 15) is 24.0 Å². The lowest BCUT2D eigenvalue weighted by Gasteiger charge is -2.21. The molecule has 4 amide bonds. The van der Waals surface area contributed by atoms with Crippen molar-refractivity contribution in [3.8, 4) is 5.75 Å². The van der Waals surface area contributed by atoms with Crippen molar-refractivity contribution in [1.29, 1.82) is 0 Å². The molecule has 43 heavy (non-hydrogen) atoms. The number of aromatic nitrogens is 3. The predicted molar refractivity (Wildman–Crippen MR) is 148 cm³/mol. The number of ether oxygens (including phenoxy) is 4. The number of cyclic esters (lactones) is 1. The van der Waals surface area contributed by atoms with Crippen LogP contribution in [0.2, 0.25) is 0 Å². The summed E-state index contributed by atoms with van der Waals surface area (Å²) >= 11 is 0. The Morgan fingerprint density at radius 1 is 0.977 bits per heavy atom. The van der Waals surface area contributed by atoms with Gasteiger partial charge in [-0.1, -0.05) is 0 Å². The molecule has 16 heteroatoms. The second kappa shape index (κ2) is 11.8. The molecule has 1 aliphatic rings. The first-order valence-corrected chi connectivity index (χ1v) is 12.8. The fraction of sp³-hybridized carbons (Fsp3) is 0.333. The number of imide groups is 1. The number of carbonyl (C=O) groups excluding carboxylic acids is 5. The Morgan fingerprint density at radius 2 is 1.65 bits per heavy atom. The lowest BCUT2D eigenvalue weighted by molar-refractivity contribution is -0.123. The van der Waals surface area contributed by atoms with E-state index < -0.39 is 47.5 Å². The number of nitrogens with zero attached hydrogens (tertiary/aromatic N) is 4. The molecule has 0 spiro atoms. The number of anilines is 1. The Labute approximate surface area is 244 Å². The van der Waals surface area contributed by atoms with Crippen molar-refractivity contribution >= 4 is 47.5 Å². The van der Waals surface area contributed by atoms with Gasteiger partial charge >= 0.3 is 24.2 Å². The van der Waals surface area contributed by atoms with Crippen molar-refractivity contribution in [2.45, 2.75) is 58.8 Å². The third-order valence-corrected chi connectivity index (χ3v) is 5.18. The van der Waals surface area contributed by atoms with E-state index in [0.29, 0.717) is 5.69 Å². The number of aliphatic imine (C=N–C) groups is 1. The Kier molecular flexibility index (Phi) is 8.31. The number of fused-ring (bicyclic) bond motifs is 1. The van der Waals surface area contributed by atoms with Crippen LogP contribution < -0.4 is 20.7 Å². The number of hydrogen-bond donors (Lipinski definition) is 3. The summed E-state index contributed by atoms with van der Waals surface area (Å²) in [5.74, 6) is -1.65. The number of carbonyl (C=O) groups is 5. The van der Waals surface area contributed by atoms with E-state index in [4.69, 9.17) is 18.9 Å². The largest absolute Gasteiger partial charge is 0.444 e. The molecule has 1 unspecified atom stereocenters. The number of guanidine groups is 1. The lowest BCUT2D eigenvalue weighted by Crippen LogP contribution is -2.40. The fourth-order valence-electron chi connectivity index (χ4n) is 3.58. The molecule has 1 aromatic carbocycles. The molecule has 1 aliphatic heterocycles. The summed E-state index contributed by atoms with van der Waals surface area (Å²) in [6.45, 7) is 10.0. The number of nitrogens with one attached hydrogen (secondary N) is 3. The molecule has 1 fully saturated rings. The van der Waals surface area contributed by atoms with Gasteiger partial charge in [-0.2, -0.15) is 5.10 Å². The van der Waals surface area contributed by atoms with E-state index in [1.807, 2.05) is 5.32 Å². The average Bonchev–Trinajstić information content (AvgIpc) is 3.48. The van der Waals surface area contributed by atoms with E-state index in [1.54, 1.807) is 41.5 Å².